The van der Waals surface area contributed by atoms with Gasteiger partial charge in [0, 0.05) is 21.8 Å². The highest BCUT2D eigenvalue weighted by molar-refractivity contribution is 6.30. The van der Waals surface area contributed by atoms with Crippen molar-refractivity contribution in [3.63, 3.8) is 0 Å². The second-order valence-corrected chi connectivity index (χ2v) is 6.04. The molecule has 1 aliphatic heterocycles. The van der Waals surface area contributed by atoms with Crippen LogP contribution < -0.4 is 4.90 Å². The monoisotopic (exact) mass is 331 g/mol. The van der Waals surface area contributed by atoms with Crippen LogP contribution in [0.2, 0.25) is 5.02 Å². The van der Waals surface area contributed by atoms with E-state index in [0.29, 0.717) is 5.02 Å². The fraction of sp³-hybridized carbons (Fsp3) is 0. The van der Waals surface area contributed by atoms with Gasteiger partial charge in [-0.3, -0.25) is 9.69 Å². The lowest BCUT2D eigenvalue weighted by molar-refractivity contribution is 0.101. The SMILES string of the molecule is O=C1c2ccccc2C(=Cc2cccc(Cl)c2)N1c1ccccc1. The largest absolute Gasteiger partial charge is 0.276 e. The second-order valence-electron chi connectivity index (χ2n) is 5.61. The third-order valence-corrected chi connectivity index (χ3v) is 4.28. The molecule has 0 N–H and O–H groups in total. The number of nitrogens with zero attached hydrogens (tertiary/aromatic N) is 1. The van der Waals surface area contributed by atoms with Crippen LogP contribution in [0.15, 0.2) is 78.9 Å². The molecule has 0 unspecified atom stereocenters. The molecular weight excluding hydrogens is 318 g/mol. The van der Waals surface area contributed by atoms with Crippen molar-refractivity contribution in [2.45, 2.75) is 0 Å². The maximum atomic E-state index is 12.9. The highest BCUT2D eigenvalue weighted by Gasteiger charge is 2.32. The first-order chi connectivity index (χ1) is 11.7. The number of hydrogen-bond acceptors (Lipinski definition) is 1. The number of amides is 1. The van der Waals surface area contributed by atoms with Gasteiger partial charge in [0.1, 0.15) is 0 Å². The van der Waals surface area contributed by atoms with Crippen molar-refractivity contribution in [1.29, 1.82) is 0 Å². The molecule has 0 saturated carbocycles. The Bertz CT molecular complexity index is 947. The Hall–Kier alpha value is -2.84. The summed E-state index contributed by atoms with van der Waals surface area (Å²) >= 11 is 6.10. The maximum Gasteiger partial charge on any atom is 0.263 e. The van der Waals surface area contributed by atoms with E-state index in [1.807, 2.05) is 84.9 Å². The van der Waals surface area contributed by atoms with E-state index < -0.39 is 0 Å². The summed E-state index contributed by atoms with van der Waals surface area (Å²) in [5.74, 6) is -0.00919. The van der Waals surface area contributed by atoms with Gasteiger partial charge in [0.25, 0.3) is 5.91 Å². The Balaban J connectivity index is 1.91. The van der Waals surface area contributed by atoms with Crippen molar-refractivity contribution in [2.24, 2.45) is 0 Å². The number of rotatable bonds is 2. The summed E-state index contributed by atoms with van der Waals surface area (Å²) in [4.78, 5) is 14.7. The van der Waals surface area contributed by atoms with Gasteiger partial charge in [-0.25, -0.2) is 0 Å². The van der Waals surface area contributed by atoms with Gasteiger partial charge in [0.15, 0.2) is 0 Å². The zero-order valence-corrected chi connectivity index (χ0v) is 13.6. The first-order valence-electron chi connectivity index (χ1n) is 7.70. The van der Waals surface area contributed by atoms with E-state index in [0.717, 1.165) is 28.1 Å². The minimum Gasteiger partial charge on any atom is -0.276 e. The average molecular weight is 332 g/mol. The molecule has 116 valence electrons. The number of fused-ring (bicyclic) bond motifs is 1. The minimum absolute atomic E-state index is 0.00919. The van der Waals surface area contributed by atoms with Crippen molar-refractivity contribution in [3.8, 4) is 0 Å². The summed E-state index contributed by atoms with van der Waals surface area (Å²) in [6, 6.07) is 25.0. The fourth-order valence-electron chi connectivity index (χ4n) is 2.97. The molecular formula is C21H14ClNO. The minimum atomic E-state index is -0.00919. The van der Waals surface area contributed by atoms with Gasteiger partial charge in [0.2, 0.25) is 0 Å². The van der Waals surface area contributed by atoms with Crippen LogP contribution in [0.5, 0.6) is 0 Å². The number of para-hydroxylation sites is 1. The smallest absolute Gasteiger partial charge is 0.263 e. The van der Waals surface area contributed by atoms with E-state index in [4.69, 9.17) is 11.6 Å². The summed E-state index contributed by atoms with van der Waals surface area (Å²) in [6.45, 7) is 0. The third kappa shape index (κ3) is 2.51. The maximum absolute atomic E-state index is 12.9. The number of benzene rings is 3. The first kappa shape index (κ1) is 14.7. The van der Waals surface area contributed by atoms with Crippen molar-refractivity contribution in [3.05, 3.63) is 101 Å². The molecule has 0 atom stereocenters. The molecule has 3 heteroatoms. The number of halogens is 1. The Morgan fingerprint density at radius 2 is 1.50 bits per heavy atom. The molecule has 0 fully saturated rings. The van der Waals surface area contributed by atoms with E-state index >= 15 is 0 Å². The van der Waals surface area contributed by atoms with Gasteiger partial charge in [-0.15, -0.1) is 0 Å². The summed E-state index contributed by atoms with van der Waals surface area (Å²) in [5.41, 5.74) is 4.33. The van der Waals surface area contributed by atoms with Gasteiger partial charge in [-0.1, -0.05) is 60.1 Å². The number of carbonyl (C=O) groups excluding carboxylic acids is 1. The molecule has 0 spiro atoms. The molecule has 1 amide bonds. The predicted octanol–water partition coefficient (Wildman–Crippen LogP) is 5.50. The lowest BCUT2D eigenvalue weighted by Crippen LogP contribution is -2.22. The average Bonchev–Trinajstić information content (AvgIpc) is 2.88. The predicted molar refractivity (Wildman–Crippen MR) is 99.0 cm³/mol. The molecule has 3 aromatic rings. The molecule has 0 aromatic heterocycles. The van der Waals surface area contributed by atoms with Crippen LogP contribution in [0.25, 0.3) is 11.8 Å². The van der Waals surface area contributed by atoms with Gasteiger partial charge in [-0.05, 0) is 42.0 Å². The second kappa shape index (κ2) is 5.99. The van der Waals surface area contributed by atoms with Gasteiger partial charge in [0.05, 0.1) is 5.70 Å². The molecule has 0 saturated heterocycles. The van der Waals surface area contributed by atoms with Crippen molar-refractivity contribution >= 4 is 35.0 Å². The number of carbonyl (C=O) groups is 1. The lowest BCUT2D eigenvalue weighted by atomic mass is 10.1. The molecule has 1 aliphatic rings. The Morgan fingerprint density at radius 3 is 2.25 bits per heavy atom. The zero-order chi connectivity index (χ0) is 16.5. The quantitative estimate of drug-likeness (QED) is 0.607. The first-order valence-corrected chi connectivity index (χ1v) is 8.08. The van der Waals surface area contributed by atoms with E-state index in [-0.39, 0.29) is 5.91 Å². The van der Waals surface area contributed by atoms with E-state index in [9.17, 15) is 4.79 Å². The van der Waals surface area contributed by atoms with Crippen molar-refractivity contribution < 1.29 is 4.79 Å². The van der Waals surface area contributed by atoms with Crippen LogP contribution in [0.4, 0.5) is 5.69 Å². The van der Waals surface area contributed by atoms with E-state index in [1.165, 1.54) is 0 Å². The summed E-state index contributed by atoms with van der Waals surface area (Å²) in [6.07, 6.45) is 2.00. The Labute approximate surface area is 145 Å². The summed E-state index contributed by atoms with van der Waals surface area (Å²) in [7, 11) is 0. The highest BCUT2D eigenvalue weighted by Crippen LogP contribution is 2.37. The van der Waals surface area contributed by atoms with Crippen LogP contribution in [0.3, 0.4) is 0 Å². The van der Waals surface area contributed by atoms with E-state index in [1.54, 1.807) is 4.90 Å². The highest BCUT2D eigenvalue weighted by atomic mass is 35.5. The Morgan fingerprint density at radius 1 is 0.792 bits per heavy atom. The van der Waals surface area contributed by atoms with Crippen LogP contribution in [0, 0.1) is 0 Å². The normalized spacial score (nSPS) is 15.0. The lowest BCUT2D eigenvalue weighted by Gasteiger charge is -2.18. The van der Waals surface area contributed by atoms with Gasteiger partial charge >= 0.3 is 0 Å². The zero-order valence-electron chi connectivity index (χ0n) is 12.8. The Kier molecular flexibility index (Phi) is 3.68. The molecule has 0 aliphatic carbocycles. The van der Waals surface area contributed by atoms with E-state index in [2.05, 4.69) is 0 Å². The molecule has 0 bridgehead atoms. The molecule has 0 radical (unpaired) electrons. The molecule has 3 aromatic carbocycles. The standard InChI is InChI=1S/C21H14ClNO/c22-16-8-6-7-15(13-16)14-20-18-11-4-5-12-19(18)21(24)23(20)17-9-2-1-3-10-17/h1-14H. The van der Waals surface area contributed by atoms with Gasteiger partial charge in [-0.2, -0.15) is 0 Å². The molecule has 2 nitrogen and oxygen atoms in total. The van der Waals surface area contributed by atoms with Crippen molar-refractivity contribution in [1.82, 2.24) is 0 Å². The fourth-order valence-corrected chi connectivity index (χ4v) is 3.17. The van der Waals surface area contributed by atoms with Crippen molar-refractivity contribution in [2.75, 3.05) is 4.90 Å². The van der Waals surface area contributed by atoms with Crippen LogP contribution >= 0.6 is 11.6 Å². The molecule has 1 heterocycles. The number of hydrogen-bond donors (Lipinski definition) is 0. The molecule has 24 heavy (non-hydrogen) atoms. The number of anilines is 1. The van der Waals surface area contributed by atoms with Crippen LogP contribution in [-0.4, -0.2) is 5.91 Å². The topological polar surface area (TPSA) is 20.3 Å². The van der Waals surface area contributed by atoms with Crippen LogP contribution in [-0.2, 0) is 0 Å². The van der Waals surface area contributed by atoms with Gasteiger partial charge < -0.3 is 0 Å². The third-order valence-electron chi connectivity index (χ3n) is 4.04. The van der Waals surface area contributed by atoms with Crippen LogP contribution in [0.1, 0.15) is 21.5 Å². The summed E-state index contributed by atoms with van der Waals surface area (Å²) < 4.78 is 0. The molecule has 4 rings (SSSR count). The summed E-state index contributed by atoms with van der Waals surface area (Å²) in [5, 5.41) is 0.674.